The maximum Gasteiger partial charge on any atom is 0.267 e. The summed E-state index contributed by atoms with van der Waals surface area (Å²) in [7, 11) is 0. The summed E-state index contributed by atoms with van der Waals surface area (Å²) >= 11 is 6.21. The van der Waals surface area contributed by atoms with Crippen LogP contribution in [0, 0.1) is 6.92 Å². The Balaban J connectivity index is 2.17. The lowest BCUT2D eigenvalue weighted by molar-refractivity contribution is -0.132. The van der Waals surface area contributed by atoms with Crippen molar-refractivity contribution in [2.24, 2.45) is 0 Å². The molecule has 24 heavy (non-hydrogen) atoms. The molecule has 0 saturated carbocycles. The van der Waals surface area contributed by atoms with Crippen LogP contribution in [0.4, 0.5) is 0 Å². The van der Waals surface area contributed by atoms with Gasteiger partial charge in [-0.1, -0.05) is 43.1 Å². The number of carbonyl (C=O) groups excluding carboxylic acids is 1. The molecule has 0 radical (unpaired) electrons. The second-order valence-corrected chi connectivity index (χ2v) is 6.14. The third kappa shape index (κ3) is 4.93. The lowest BCUT2D eigenvalue weighted by Gasteiger charge is -2.23. The van der Waals surface area contributed by atoms with Gasteiger partial charge in [0.1, 0.15) is 6.54 Å². The fourth-order valence-corrected chi connectivity index (χ4v) is 2.56. The maximum atomic E-state index is 12.7. The van der Waals surface area contributed by atoms with Crippen LogP contribution in [0.3, 0.4) is 0 Å². The Labute approximate surface area is 146 Å². The van der Waals surface area contributed by atoms with E-state index < -0.39 is 0 Å². The van der Waals surface area contributed by atoms with Gasteiger partial charge in [-0.2, -0.15) is 5.10 Å². The van der Waals surface area contributed by atoms with Gasteiger partial charge in [0, 0.05) is 24.2 Å². The molecule has 1 aromatic carbocycles. The number of hydrogen-bond acceptors (Lipinski definition) is 3. The van der Waals surface area contributed by atoms with Crippen molar-refractivity contribution in [1.82, 2.24) is 14.7 Å². The number of nitrogens with zero attached hydrogens (tertiary/aromatic N) is 3. The first-order valence-corrected chi connectivity index (χ1v) is 8.45. The fourth-order valence-electron chi connectivity index (χ4n) is 2.37. The van der Waals surface area contributed by atoms with E-state index in [1.165, 1.54) is 10.7 Å². The van der Waals surface area contributed by atoms with Crippen LogP contribution >= 0.6 is 11.6 Å². The average Bonchev–Trinajstić information content (AvgIpc) is 2.56. The molecule has 1 amide bonds. The van der Waals surface area contributed by atoms with E-state index in [4.69, 9.17) is 11.6 Å². The molecule has 1 heterocycles. The van der Waals surface area contributed by atoms with E-state index in [-0.39, 0.29) is 18.0 Å². The monoisotopic (exact) mass is 347 g/mol. The molecule has 5 nitrogen and oxygen atoms in total. The molecular weight excluding hydrogens is 326 g/mol. The lowest BCUT2D eigenvalue weighted by atomic mass is 10.2. The van der Waals surface area contributed by atoms with Gasteiger partial charge in [0.2, 0.25) is 5.91 Å². The first kappa shape index (κ1) is 18.2. The summed E-state index contributed by atoms with van der Waals surface area (Å²) in [6.45, 7) is 4.86. The Bertz CT molecular complexity index is 758. The summed E-state index contributed by atoms with van der Waals surface area (Å²) in [4.78, 5) is 26.3. The molecule has 0 unspecified atom stereocenters. The number of carbonyl (C=O) groups is 1. The van der Waals surface area contributed by atoms with Gasteiger partial charge in [0.15, 0.2) is 0 Å². The highest BCUT2D eigenvalue weighted by atomic mass is 35.5. The molecule has 1 aromatic heterocycles. The Morgan fingerprint density at radius 2 is 2.00 bits per heavy atom. The normalized spacial score (nSPS) is 10.6. The number of hydrogen-bond donors (Lipinski definition) is 0. The molecular formula is C18H22ClN3O2. The van der Waals surface area contributed by atoms with Crippen LogP contribution in [0.15, 0.2) is 41.2 Å². The minimum absolute atomic E-state index is 0.0608. The quantitative estimate of drug-likeness (QED) is 0.773. The highest BCUT2D eigenvalue weighted by Crippen LogP contribution is 2.17. The van der Waals surface area contributed by atoms with Gasteiger partial charge in [0.25, 0.3) is 5.56 Å². The van der Waals surface area contributed by atoms with Crippen LogP contribution in [0.2, 0.25) is 5.02 Å². The van der Waals surface area contributed by atoms with Crippen molar-refractivity contribution in [2.75, 3.05) is 6.54 Å². The summed E-state index contributed by atoms with van der Waals surface area (Å²) in [5.74, 6) is -0.136. The van der Waals surface area contributed by atoms with Gasteiger partial charge in [-0.3, -0.25) is 9.59 Å². The Kier molecular flexibility index (Phi) is 6.55. The van der Waals surface area contributed by atoms with E-state index in [2.05, 4.69) is 12.0 Å². The average molecular weight is 348 g/mol. The topological polar surface area (TPSA) is 55.2 Å². The number of aryl methyl sites for hydroxylation is 1. The van der Waals surface area contributed by atoms with Crippen LogP contribution < -0.4 is 5.56 Å². The smallest absolute Gasteiger partial charge is 0.267 e. The molecule has 0 N–H and O–H groups in total. The van der Waals surface area contributed by atoms with Crippen molar-refractivity contribution in [2.45, 2.75) is 39.8 Å². The van der Waals surface area contributed by atoms with E-state index in [1.54, 1.807) is 17.9 Å². The van der Waals surface area contributed by atoms with Crippen LogP contribution in [0.1, 0.15) is 31.0 Å². The minimum Gasteiger partial charge on any atom is -0.337 e. The van der Waals surface area contributed by atoms with E-state index in [9.17, 15) is 9.59 Å². The number of amides is 1. The zero-order chi connectivity index (χ0) is 17.5. The predicted octanol–water partition coefficient (Wildman–Crippen LogP) is 3.03. The van der Waals surface area contributed by atoms with Crippen molar-refractivity contribution < 1.29 is 4.79 Å². The first-order chi connectivity index (χ1) is 11.5. The maximum absolute atomic E-state index is 12.7. The number of aromatic nitrogens is 2. The zero-order valence-corrected chi connectivity index (χ0v) is 14.8. The highest BCUT2D eigenvalue weighted by molar-refractivity contribution is 6.31. The fraction of sp³-hybridized carbons (Fsp3) is 0.389. The van der Waals surface area contributed by atoms with Crippen molar-refractivity contribution in [3.63, 3.8) is 0 Å². The van der Waals surface area contributed by atoms with Gasteiger partial charge < -0.3 is 4.90 Å². The summed E-state index contributed by atoms with van der Waals surface area (Å²) in [6, 6.07) is 10.6. The molecule has 0 fully saturated rings. The van der Waals surface area contributed by atoms with Crippen molar-refractivity contribution in [3.8, 4) is 0 Å². The molecule has 0 spiro atoms. The summed E-state index contributed by atoms with van der Waals surface area (Å²) in [6.07, 6.45) is 1.88. The van der Waals surface area contributed by atoms with Gasteiger partial charge >= 0.3 is 0 Å². The highest BCUT2D eigenvalue weighted by Gasteiger charge is 2.16. The van der Waals surface area contributed by atoms with Gasteiger partial charge in [0.05, 0.1) is 5.69 Å². The van der Waals surface area contributed by atoms with E-state index >= 15 is 0 Å². The zero-order valence-electron chi connectivity index (χ0n) is 14.0. The second kappa shape index (κ2) is 8.64. The van der Waals surface area contributed by atoms with Gasteiger partial charge in [-0.25, -0.2) is 4.68 Å². The van der Waals surface area contributed by atoms with Crippen LogP contribution in [0.25, 0.3) is 0 Å². The van der Waals surface area contributed by atoms with Crippen molar-refractivity contribution >= 4 is 17.5 Å². The number of benzene rings is 1. The lowest BCUT2D eigenvalue weighted by Crippen LogP contribution is -2.37. The molecule has 0 atom stereocenters. The Morgan fingerprint density at radius 1 is 1.25 bits per heavy atom. The number of unbranched alkanes of at least 4 members (excludes halogenated alkanes) is 1. The Morgan fingerprint density at radius 3 is 2.71 bits per heavy atom. The van der Waals surface area contributed by atoms with Crippen LogP contribution in [-0.2, 0) is 17.9 Å². The molecule has 128 valence electrons. The predicted molar refractivity (Wildman–Crippen MR) is 95.0 cm³/mol. The SMILES string of the molecule is CCCCN(Cc1ccccc1Cl)C(=O)Cn1nc(C)ccc1=O. The molecule has 0 aliphatic rings. The minimum atomic E-state index is -0.276. The summed E-state index contributed by atoms with van der Waals surface area (Å²) < 4.78 is 1.21. The van der Waals surface area contributed by atoms with Gasteiger partial charge in [-0.05, 0) is 31.0 Å². The molecule has 0 aliphatic heterocycles. The van der Waals surface area contributed by atoms with Crippen LogP contribution in [0.5, 0.6) is 0 Å². The molecule has 2 aromatic rings. The van der Waals surface area contributed by atoms with Crippen LogP contribution in [-0.4, -0.2) is 27.1 Å². The molecule has 0 bridgehead atoms. The van der Waals surface area contributed by atoms with Gasteiger partial charge in [-0.15, -0.1) is 0 Å². The largest absolute Gasteiger partial charge is 0.337 e. The van der Waals surface area contributed by atoms with Crippen molar-refractivity contribution in [3.05, 3.63) is 63.0 Å². The third-order valence-corrected chi connectivity index (χ3v) is 4.11. The molecule has 0 saturated heterocycles. The van der Waals surface area contributed by atoms with Crippen molar-refractivity contribution in [1.29, 1.82) is 0 Å². The Hall–Kier alpha value is -2.14. The first-order valence-electron chi connectivity index (χ1n) is 8.07. The third-order valence-electron chi connectivity index (χ3n) is 3.74. The number of halogens is 1. The number of rotatable bonds is 7. The standard InChI is InChI=1S/C18H22ClN3O2/c1-3-4-11-21(12-15-7-5-6-8-16(15)19)18(24)13-22-17(23)10-9-14(2)20-22/h5-10H,3-4,11-13H2,1-2H3. The molecule has 0 aliphatic carbocycles. The second-order valence-electron chi connectivity index (χ2n) is 5.73. The summed E-state index contributed by atoms with van der Waals surface area (Å²) in [5, 5.41) is 4.77. The molecule has 2 rings (SSSR count). The summed E-state index contributed by atoms with van der Waals surface area (Å²) in [5.41, 5.74) is 1.32. The van der Waals surface area contributed by atoms with E-state index in [0.29, 0.717) is 23.8 Å². The van der Waals surface area contributed by atoms with E-state index in [1.807, 2.05) is 24.3 Å². The molecule has 6 heteroatoms. The van der Waals surface area contributed by atoms with E-state index in [0.717, 1.165) is 18.4 Å².